The average Bonchev–Trinajstić information content (AvgIpc) is 2.37. The van der Waals surface area contributed by atoms with Gasteiger partial charge in [-0.1, -0.05) is 39.8 Å². The van der Waals surface area contributed by atoms with Crippen molar-refractivity contribution in [3.8, 4) is 5.75 Å². The Balaban J connectivity index is 2.76. The van der Waals surface area contributed by atoms with Crippen LogP contribution in [0.15, 0.2) is 18.2 Å². The molecule has 0 heterocycles. The number of hydrogen-bond acceptors (Lipinski definition) is 3. The summed E-state index contributed by atoms with van der Waals surface area (Å²) in [4.78, 5) is 0. The van der Waals surface area contributed by atoms with E-state index in [1.165, 1.54) is 11.1 Å². The molecule has 0 spiro atoms. The third-order valence-corrected chi connectivity index (χ3v) is 3.30. The Hall–Kier alpha value is -1.06. The van der Waals surface area contributed by atoms with E-state index in [0.717, 1.165) is 25.4 Å². The molecule has 0 aliphatic carbocycles. The molecule has 1 atom stereocenters. The van der Waals surface area contributed by atoms with Crippen molar-refractivity contribution in [1.29, 1.82) is 0 Å². The Morgan fingerprint density at radius 3 is 2.53 bits per heavy atom. The van der Waals surface area contributed by atoms with Crippen LogP contribution < -0.4 is 15.8 Å². The Morgan fingerprint density at radius 1 is 1.32 bits per heavy atom. The molecule has 0 amide bonds. The summed E-state index contributed by atoms with van der Waals surface area (Å²) in [6.45, 7) is 11.3. The number of methoxy groups -OCH3 is 1. The van der Waals surface area contributed by atoms with Crippen LogP contribution in [-0.4, -0.2) is 20.2 Å². The van der Waals surface area contributed by atoms with Crippen molar-refractivity contribution < 1.29 is 4.74 Å². The fraction of sp³-hybridized carbons (Fsp3) is 0.625. The van der Waals surface area contributed by atoms with E-state index in [9.17, 15) is 0 Å². The molecule has 108 valence electrons. The van der Waals surface area contributed by atoms with Gasteiger partial charge in [-0.2, -0.15) is 0 Å². The maximum absolute atomic E-state index is 5.61. The third kappa shape index (κ3) is 4.84. The molecular formula is C16H28N2O. The average molecular weight is 264 g/mol. The molecule has 0 fully saturated rings. The molecular weight excluding hydrogens is 236 g/mol. The first-order valence-corrected chi connectivity index (χ1v) is 6.96. The molecule has 1 unspecified atom stereocenters. The lowest BCUT2D eigenvalue weighted by molar-refractivity contribution is 0.397. The topological polar surface area (TPSA) is 47.3 Å². The maximum Gasteiger partial charge on any atom is 0.122 e. The van der Waals surface area contributed by atoms with Gasteiger partial charge >= 0.3 is 0 Å². The molecule has 1 rings (SSSR count). The summed E-state index contributed by atoms with van der Waals surface area (Å²) < 4.78 is 5.45. The molecule has 1 aromatic carbocycles. The van der Waals surface area contributed by atoms with E-state index in [4.69, 9.17) is 10.5 Å². The Bertz CT molecular complexity index is 396. The summed E-state index contributed by atoms with van der Waals surface area (Å²) in [7, 11) is 1.73. The zero-order chi connectivity index (χ0) is 14.5. The van der Waals surface area contributed by atoms with Crippen molar-refractivity contribution in [2.24, 2.45) is 11.7 Å². The predicted octanol–water partition coefficient (Wildman–Crippen LogP) is 2.68. The number of nitrogens with two attached hydrogens (primary N) is 1. The van der Waals surface area contributed by atoms with Crippen molar-refractivity contribution >= 4 is 0 Å². The number of rotatable bonds is 6. The van der Waals surface area contributed by atoms with E-state index in [2.05, 4.69) is 51.2 Å². The normalized spacial score (nSPS) is 13.4. The number of hydrogen-bond donors (Lipinski definition) is 2. The number of benzene rings is 1. The van der Waals surface area contributed by atoms with Gasteiger partial charge in [0.15, 0.2) is 0 Å². The van der Waals surface area contributed by atoms with Gasteiger partial charge in [0, 0.05) is 6.54 Å². The van der Waals surface area contributed by atoms with Gasteiger partial charge in [0.2, 0.25) is 0 Å². The smallest absolute Gasteiger partial charge is 0.122 e. The second kappa shape index (κ2) is 6.92. The molecule has 0 aromatic heterocycles. The van der Waals surface area contributed by atoms with Crippen molar-refractivity contribution in [1.82, 2.24) is 5.32 Å². The third-order valence-electron chi connectivity index (χ3n) is 3.30. The van der Waals surface area contributed by atoms with Crippen molar-refractivity contribution in [3.63, 3.8) is 0 Å². The first kappa shape index (κ1) is 16.0. The van der Waals surface area contributed by atoms with Crippen molar-refractivity contribution in [2.75, 3.05) is 20.2 Å². The van der Waals surface area contributed by atoms with Crippen LogP contribution >= 0.6 is 0 Å². The molecule has 0 radical (unpaired) electrons. The number of ether oxygens (including phenoxy) is 1. The highest BCUT2D eigenvalue weighted by atomic mass is 16.5. The second-order valence-corrected chi connectivity index (χ2v) is 6.26. The summed E-state index contributed by atoms with van der Waals surface area (Å²) in [6.07, 6.45) is 0. The lowest BCUT2D eigenvalue weighted by Gasteiger charge is -2.23. The van der Waals surface area contributed by atoms with E-state index in [1.807, 2.05) is 0 Å². The minimum atomic E-state index is 0.0892. The van der Waals surface area contributed by atoms with Gasteiger partial charge in [0.25, 0.3) is 0 Å². The van der Waals surface area contributed by atoms with Crippen LogP contribution in [-0.2, 0) is 12.0 Å². The molecule has 19 heavy (non-hydrogen) atoms. The van der Waals surface area contributed by atoms with E-state index >= 15 is 0 Å². The predicted molar refractivity (Wildman–Crippen MR) is 81.6 cm³/mol. The van der Waals surface area contributed by atoms with Gasteiger partial charge in [-0.05, 0) is 41.6 Å². The minimum Gasteiger partial charge on any atom is -0.496 e. The fourth-order valence-corrected chi connectivity index (χ4v) is 2.00. The first-order chi connectivity index (χ1) is 8.88. The van der Waals surface area contributed by atoms with E-state index < -0.39 is 0 Å². The Labute approximate surface area is 117 Å². The zero-order valence-corrected chi connectivity index (χ0v) is 12.9. The highest BCUT2D eigenvalue weighted by Gasteiger charge is 2.19. The van der Waals surface area contributed by atoms with Gasteiger partial charge in [0.1, 0.15) is 5.75 Å². The molecule has 3 N–H and O–H groups in total. The van der Waals surface area contributed by atoms with Gasteiger partial charge in [-0.25, -0.2) is 0 Å². The molecule has 0 bridgehead atoms. The molecule has 0 aliphatic rings. The summed E-state index contributed by atoms with van der Waals surface area (Å²) >= 11 is 0. The Morgan fingerprint density at radius 2 is 2.00 bits per heavy atom. The SMILES string of the molecule is COc1ccc(CNCC(C)CN)cc1C(C)(C)C. The second-order valence-electron chi connectivity index (χ2n) is 6.26. The van der Waals surface area contributed by atoms with E-state index in [1.54, 1.807) is 7.11 Å². The fourth-order valence-electron chi connectivity index (χ4n) is 2.00. The molecule has 0 saturated heterocycles. The van der Waals surface area contributed by atoms with Crippen LogP contribution in [0.3, 0.4) is 0 Å². The monoisotopic (exact) mass is 264 g/mol. The highest BCUT2D eigenvalue weighted by molar-refractivity contribution is 5.41. The van der Waals surface area contributed by atoms with E-state index in [-0.39, 0.29) is 5.41 Å². The minimum absolute atomic E-state index is 0.0892. The molecule has 0 saturated carbocycles. The lowest BCUT2D eigenvalue weighted by atomic mass is 9.85. The van der Waals surface area contributed by atoms with Gasteiger partial charge in [0.05, 0.1) is 7.11 Å². The standard InChI is InChI=1S/C16H28N2O/c1-12(9-17)10-18-11-13-6-7-15(19-5)14(8-13)16(2,3)4/h6-8,12,18H,9-11,17H2,1-5H3. The molecule has 1 aromatic rings. The van der Waals surface area contributed by atoms with E-state index in [0.29, 0.717) is 5.92 Å². The zero-order valence-electron chi connectivity index (χ0n) is 12.9. The molecule has 3 nitrogen and oxygen atoms in total. The summed E-state index contributed by atoms with van der Waals surface area (Å²) in [5.74, 6) is 1.48. The van der Waals surface area contributed by atoms with Crippen LogP contribution in [0.2, 0.25) is 0 Å². The van der Waals surface area contributed by atoms with Crippen molar-refractivity contribution in [2.45, 2.75) is 39.7 Å². The summed E-state index contributed by atoms with van der Waals surface area (Å²) in [6, 6.07) is 6.41. The van der Waals surface area contributed by atoms with Crippen LogP contribution in [0, 0.1) is 5.92 Å². The van der Waals surface area contributed by atoms with Gasteiger partial charge in [-0.15, -0.1) is 0 Å². The summed E-state index contributed by atoms with van der Waals surface area (Å²) in [5, 5.41) is 3.45. The van der Waals surface area contributed by atoms with Crippen LogP contribution in [0.25, 0.3) is 0 Å². The quantitative estimate of drug-likeness (QED) is 0.830. The molecule has 0 aliphatic heterocycles. The molecule has 3 heteroatoms. The summed E-state index contributed by atoms with van der Waals surface area (Å²) in [5.41, 5.74) is 8.24. The highest BCUT2D eigenvalue weighted by Crippen LogP contribution is 2.31. The van der Waals surface area contributed by atoms with Crippen LogP contribution in [0.5, 0.6) is 5.75 Å². The maximum atomic E-state index is 5.61. The van der Waals surface area contributed by atoms with Gasteiger partial charge < -0.3 is 15.8 Å². The van der Waals surface area contributed by atoms with Gasteiger partial charge in [-0.3, -0.25) is 0 Å². The number of nitrogens with one attached hydrogen (secondary N) is 1. The van der Waals surface area contributed by atoms with Crippen LogP contribution in [0.4, 0.5) is 0 Å². The first-order valence-electron chi connectivity index (χ1n) is 6.96. The Kier molecular flexibility index (Phi) is 5.83. The van der Waals surface area contributed by atoms with Crippen molar-refractivity contribution in [3.05, 3.63) is 29.3 Å². The van der Waals surface area contributed by atoms with Crippen LogP contribution in [0.1, 0.15) is 38.8 Å². The largest absolute Gasteiger partial charge is 0.496 e. The lowest BCUT2D eigenvalue weighted by Crippen LogP contribution is -2.26.